The second-order valence-electron chi connectivity index (χ2n) is 3.36. The summed E-state index contributed by atoms with van der Waals surface area (Å²) in [5.41, 5.74) is -1.16. The fourth-order valence-corrected chi connectivity index (χ4v) is 1.56. The van der Waals surface area contributed by atoms with Crippen LogP contribution in [-0.2, 0) is 0 Å². The van der Waals surface area contributed by atoms with Crippen LogP contribution in [0.4, 0.5) is 0 Å². The van der Waals surface area contributed by atoms with Crippen molar-refractivity contribution in [2.24, 2.45) is 5.92 Å². The maximum atomic E-state index is 10.2. The number of nitrogens with zero attached hydrogens (tertiary/aromatic N) is 1. The van der Waals surface area contributed by atoms with Gasteiger partial charge in [0.1, 0.15) is 5.60 Å². The summed E-state index contributed by atoms with van der Waals surface area (Å²) in [6, 6.07) is 0. The molecule has 4 nitrogen and oxygen atoms in total. The van der Waals surface area contributed by atoms with Crippen molar-refractivity contribution in [1.29, 1.82) is 0 Å². The third-order valence-corrected chi connectivity index (χ3v) is 2.31. The Kier molecular flexibility index (Phi) is 4.17. The zero-order valence-corrected chi connectivity index (χ0v) is 7.91. The topological polar surface area (TPSA) is 63.4 Å². The molecule has 0 heterocycles. The first-order valence-electron chi connectivity index (χ1n) is 4.28. The van der Waals surface area contributed by atoms with E-state index in [9.17, 15) is 15.2 Å². The van der Waals surface area contributed by atoms with E-state index in [1.807, 2.05) is 13.8 Å². The third-order valence-electron chi connectivity index (χ3n) is 2.31. The molecule has 0 aromatic heterocycles. The van der Waals surface area contributed by atoms with Gasteiger partial charge >= 0.3 is 0 Å². The second kappa shape index (κ2) is 4.40. The lowest BCUT2D eigenvalue weighted by atomic mass is 9.85. The highest BCUT2D eigenvalue weighted by atomic mass is 16.6. The quantitative estimate of drug-likeness (QED) is 0.508. The first-order chi connectivity index (χ1) is 5.44. The van der Waals surface area contributed by atoms with E-state index in [1.165, 1.54) is 6.92 Å². The summed E-state index contributed by atoms with van der Waals surface area (Å²) in [4.78, 5) is 9.74. The van der Waals surface area contributed by atoms with Crippen molar-refractivity contribution in [3.63, 3.8) is 0 Å². The van der Waals surface area contributed by atoms with Crippen molar-refractivity contribution < 1.29 is 10.0 Å². The maximum Gasteiger partial charge on any atom is 0.232 e. The minimum absolute atomic E-state index is 0.0166. The third kappa shape index (κ3) is 3.17. The van der Waals surface area contributed by atoms with Gasteiger partial charge in [-0.1, -0.05) is 26.7 Å². The molecule has 0 aromatic rings. The Labute approximate surface area is 72.7 Å². The van der Waals surface area contributed by atoms with Gasteiger partial charge in [-0.05, 0) is 12.8 Å². The molecule has 1 atom stereocenters. The summed E-state index contributed by atoms with van der Waals surface area (Å²) < 4.78 is 0. The van der Waals surface area contributed by atoms with Crippen LogP contribution < -0.4 is 0 Å². The fourth-order valence-electron chi connectivity index (χ4n) is 1.56. The molecule has 0 saturated heterocycles. The molecular weight excluding hydrogens is 158 g/mol. The SMILES string of the molecule is CCC(CC)[C@@](C)(O)C[N+](=O)[O-]. The number of hydrogen-bond acceptors (Lipinski definition) is 3. The Balaban J connectivity index is 4.24. The van der Waals surface area contributed by atoms with Gasteiger partial charge in [0.25, 0.3) is 0 Å². The van der Waals surface area contributed by atoms with E-state index >= 15 is 0 Å². The Morgan fingerprint density at radius 3 is 2.17 bits per heavy atom. The van der Waals surface area contributed by atoms with E-state index in [-0.39, 0.29) is 12.5 Å². The molecule has 0 saturated carbocycles. The van der Waals surface area contributed by atoms with Crippen LogP contribution in [0.1, 0.15) is 33.6 Å². The first kappa shape index (κ1) is 11.4. The van der Waals surface area contributed by atoms with Crippen LogP contribution in [0.3, 0.4) is 0 Å². The molecular formula is C8H17NO3. The number of rotatable bonds is 5. The Hall–Kier alpha value is -0.640. The molecule has 0 fully saturated rings. The van der Waals surface area contributed by atoms with Crippen LogP contribution in [-0.4, -0.2) is 22.2 Å². The highest BCUT2D eigenvalue weighted by Crippen LogP contribution is 2.23. The first-order valence-corrected chi connectivity index (χ1v) is 4.28. The van der Waals surface area contributed by atoms with Crippen molar-refractivity contribution in [3.05, 3.63) is 10.1 Å². The van der Waals surface area contributed by atoms with E-state index in [0.29, 0.717) is 0 Å². The molecule has 0 aliphatic carbocycles. The van der Waals surface area contributed by atoms with Gasteiger partial charge in [0, 0.05) is 4.92 Å². The minimum atomic E-state index is -1.16. The minimum Gasteiger partial charge on any atom is -0.383 e. The normalized spacial score (nSPS) is 16.1. The molecule has 0 unspecified atom stereocenters. The van der Waals surface area contributed by atoms with Crippen molar-refractivity contribution >= 4 is 0 Å². The van der Waals surface area contributed by atoms with Gasteiger partial charge in [-0.15, -0.1) is 0 Å². The van der Waals surface area contributed by atoms with E-state index in [0.717, 1.165) is 12.8 Å². The molecule has 0 aliphatic rings. The van der Waals surface area contributed by atoms with Crippen LogP contribution in [0.25, 0.3) is 0 Å². The van der Waals surface area contributed by atoms with Crippen LogP contribution in [0.5, 0.6) is 0 Å². The summed E-state index contributed by atoms with van der Waals surface area (Å²) in [6.07, 6.45) is 1.55. The summed E-state index contributed by atoms with van der Waals surface area (Å²) in [5.74, 6) is 0.0166. The van der Waals surface area contributed by atoms with E-state index < -0.39 is 10.5 Å². The van der Waals surface area contributed by atoms with Gasteiger partial charge in [0.05, 0.1) is 0 Å². The molecule has 0 aliphatic heterocycles. The number of nitro groups is 1. The van der Waals surface area contributed by atoms with Crippen LogP contribution in [0, 0.1) is 16.0 Å². The lowest BCUT2D eigenvalue weighted by Crippen LogP contribution is -2.40. The molecule has 4 heteroatoms. The number of hydrogen-bond donors (Lipinski definition) is 1. The van der Waals surface area contributed by atoms with Crippen molar-refractivity contribution in [1.82, 2.24) is 0 Å². The molecule has 0 radical (unpaired) electrons. The molecule has 1 N–H and O–H groups in total. The number of aliphatic hydroxyl groups is 1. The lowest BCUT2D eigenvalue weighted by Gasteiger charge is -2.27. The average molecular weight is 175 g/mol. The molecule has 0 amide bonds. The van der Waals surface area contributed by atoms with Gasteiger partial charge in [0.2, 0.25) is 6.54 Å². The second-order valence-corrected chi connectivity index (χ2v) is 3.36. The molecule has 0 bridgehead atoms. The van der Waals surface area contributed by atoms with Crippen molar-refractivity contribution in [2.45, 2.75) is 39.2 Å². The Morgan fingerprint density at radius 2 is 1.92 bits per heavy atom. The van der Waals surface area contributed by atoms with Gasteiger partial charge in [-0.25, -0.2) is 0 Å². The Morgan fingerprint density at radius 1 is 1.50 bits per heavy atom. The zero-order valence-electron chi connectivity index (χ0n) is 7.91. The predicted octanol–water partition coefficient (Wildman–Crippen LogP) is 1.45. The molecule has 0 spiro atoms. The van der Waals surface area contributed by atoms with Crippen LogP contribution in [0.15, 0.2) is 0 Å². The van der Waals surface area contributed by atoms with Gasteiger partial charge in [0.15, 0.2) is 0 Å². The largest absolute Gasteiger partial charge is 0.383 e. The fraction of sp³-hybridized carbons (Fsp3) is 1.00. The molecule has 12 heavy (non-hydrogen) atoms. The summed E-state index contributed by atoms with van der Waals surface area (Å²) >= 11 is 0. The van der Waals surface area contributed by atoms with Crippen molar-refractivity contribution in [2.75, 3.05) is 6.54 Å². The molecule has 0 rings (SSSR count). The average Bonchev–Trinajstić information content (AvgIpc) is 1.85. The summed E-state index contributed by atoms with van der Waals surface area (Å²) in [5, 5.41) is 19.9. The summed E-state index contributed by atoms with van der Waals surface area (Å²) in [7, 11) is 0. The zero-order chi connectivity index (χ0) is 9.78. The van der Waals surface area contributed by atoms with E-state index in [2.05, 4.69) is 0 Å². The lowest BCUT2D eigenvalue weighted by molar-refractivity contribution is -0.502. The van der Waals surface area contributed by atoms with Crippen LogP contribution in [0.2, 0.25) is 0 Å². The standard InChI is InChI=1S/C8H17NO3/c1-4-7(5-2)8(3,10)6-9(11)12/h7,10H,4-6H2,1-3H3/t8-/m0/s1. The summed E-state index contributed by atoms with van der Waals surface area (Å²) in [6.45, 7) is 5.04. The maximum absolute atomic E-state index is 10.2. The highest BCUT2D eigenvalue weighted by Gasteiger charge is 2.34. The van der Waals surface area contributed by atoms with E-state index in [1.54, 1.807) is 0 Å². The molecule has 0 aromatic carbocycles. The molecule has 72 valence electrons. The van der Waals surface area contributed by atoms with E-state index in [4.69, 9.17) is 0 Å². The Bertz CT molecular complexity index is 152. The van der Waals surface area contributed by atoms with Gasteiger partial charge in [-0.3, -0.25) is 10.1 Å². The van der Waals surface area contributed by atoms with Crippen molar-refractivity contribution in [3.8, 4) is 0 Å². The van der Waals surface area contributed by atoms with Crippen LogP contribution >= 0.6 is 0 Å². The smallest absolute Gasteiger partial charge is 0.232 e. The van der Waals surface area contributed by atoms with Gasteiger partial charge in [-0.2, -0.15) is 0 Å². The van der Waals surface area contributed by atoms with Gasteiger partial charge < -0.3 is 5.11 Å². The highest BCUT2D eigenvalue weighted by molar-refractivity contribution is 4.79. The monoisotopic (exact) mass is 175 g/mol. The predicted molar refractivity (Wildman–Crippen MR) is 46.6 cm³/mol.